The quantitative estimate of drug-likeness (QED) is 0.469. The van der Waals surface area contributed by atoms with Gasteiger partial charge in [-0.25, -0.2) is 28.1 Å². The summed E-state index contributed by atoms with van der Waals surface area (Å²) < 4.78 is 39.8. The second kappa shape index (κ2) is 9.39. The van der Waals surface area contributed by atoms with Gasteiger partial charge in [0.05, 0.1) is 28.2 Å². The Morgan fingerprint density at radius 2 is 0.853 bits per heavy atom. The van der Waals surface area contributed by atoms with Gasteiger partial charge in [-0.3, -0.25) is 0 Å². The van der Waals surface area contributed by atoms with Crippen molar-refractivity contribution in [2.24, 2.45) is 18.3 Å². The van der Waals surface area contributed by atoms with Crippen LogP contribution in [0.4, 0.5) is 0 Å². The summed E-state index contributed by atoms with van der Waals surface area (Å²) in [6.07, 6.45) is 0. The predicted octanol–water partition coefficient (Wildman–Crippen LogP) is 4.08. The highest BCUT2D eigenvalue weighted by atomic mass is 31.3. The molecule has 0 aromatic rings. The number of quaternary nitrogens is 2. The Hall–Kier alpha value is 0.560. The molecule has 0 unspecified atom stereocenters. The van der Waals surface area contributed by atoms with Crippen molar-refractivity contribution in [1.29, 1.82) is 0 Å². The normalized spacial score (nSPS) is 32.9. The van der Waals surface area contributed by atoms with Crippen molar-refractivity contribution in [2.45, 2.75) is 0 Å². The van der Waals surface area contributed by atoms with Gasteiger partial charge in [0, 0.05) is 21.1 Å². The Kier molecular flexibility index (Phi) is 8.50. The standard InChI is InChI=1S/C17H51N13P4/c1-18-31-19-32(22(2)3,27(12)29(14,15)33(20-31,23(4)5)24(6)7)28(13)30(16,17)34(21-31,25(8)9)26(10)11/h1-17H3/q+2. The van der Waals surface area contributed by atoms with Crippen molar-refractivity contribution < 1.29 is 8.73 Å². The first kappa shape index (κ1) is 30.8. The number of hydrogen-bond donors (Lipinski definition) is 0. The molecule has 0 aliphatic carbocycles. The maximum Gasteiger partial charge on any atom is 0.313 e. The molecule has 2 heterocycles. The molecule has 0 spiro atoms. The maximum absolute atomic E-state index is 5.77. The summed E-state index contributed by atoms with van der Waals surface area (Å²) in [5.74, 6) is 0. The third-order valence-corrected chi connectivity index (χ3v) is 24.7. The zero-order valence-corrected chi connectivity index (χ0v) is 28.2. The first-order valence-corrected chi connectivity index (χ1v) is 17.6. The number of nitrogens with zero attached hydrogens (tertiary/aromatic N) is 13. The molecule has 0 amide bonds. The fraction of sp³-hybridized carbons (Fsp3) is 1.00. The van der Waals surface area contributed by atoms with Gasteiger partial charge in [0.25, 0.3) is 7.51 Å². The number of hydrogen-bond acceptors (Lipinski definition) is 8. The molecule has 17 heteroatoms. The average molecular weight is 562 g/mol. The topological polar surface area (TPSA) is 72.1 Å². The number of rotatable bonds is 5. The van der Waals surface area contributed by atoms with Crippen molar-refractivity contribution in [3.8, 4) is 0 Å². The maximum atomic E-state index is 5.77. The van der Waals surface area contributed by atoms with Crippen molar-refractivity contribution in [1.82, 2.24) is 32.9 Å². The van der Waals surface area contributed by atoms with E-state index in [1.54, 1.807) is 0 Å². The van der Waals surface area contributed by atoms with E-state index in [0.717, 1.165) is 0 Å². The first-order chi connectivity index (χ1) is 15.2. The minimum atomic E-state index is -2.90. The van der Waals surface area contributed by atoms with E-state index >= 15 is 0 Å². The Morgan fingerprint density at radius 1 is 0.559 bits per heavy atom. The first-order valence-electron chi connectivity index (χ1n) is 11.2. The second-order valence-electron chi connectivity index (χ2n) is 10.5. The Morgan fingerprint density at radius 3 is 1.06 bits per heavy atom. The van der Waals surface area contributed by atoms with Gasteiger partial charge in [-0.15, -0.1) is 9.03 Å². The highest BCUT2D eigenvalue weighted by molar-refractivity contribution is 7.81. The number of fused-ring (bicyclic) bond motifs is 1. The summed E-state index contributed by atoms with van der Waals surface area (Å²) in [6.45, 7) is 0. The minimum Gasteiger partial charge on any atom is -0.246 e. The molecule has 0 saturated carbocycles. The van der Waals surface area contributed by atoms with E-state index < -0.39 is 30.0 Å². The molecule has 13 nitrogen and oxygen atoms in total. The van der Waals surface area contributed by atoms with Crippen LogP contribution in [0.5, 0.6) is 0 Å². The third kappa shape index (κ3) is 3.70. The summed E-state index contributed by atoms with van der Waals surface area (Å²) in [7, 11) is 26.4. The Bertz CT molecular complexity index is 934. The van der Waals surface area contributed by atoms with Gasteiger partial charge in [0.1, 0.15) is 0 Å². The van der Waals surface area contributed by atoms with Crippen LogP contribution in [0.15, 0.2) is 18.3 Å². The van der Waals surface area contributed by atoms with Crippen molar-refractivity contribution >= 4 is 30.0 Å². The van der Waals surface area contributed by atoms with Gasteiger partial charge < -0.3 is 0 Å². The van der Waals surface area contributed by atoms with Crippen LogP contribution in [0.3, 0.4) is 0 Å². The Balaban J connectivity index is 3.46. The molecule has 0 atom stereocenters. The summed E-state index contributed by atoms with van der Waals surface area (Å²) in [5, 5.41) is 0. The molecule has 2 bridgehead atoms. The highest BCUT2D eigenvalue weighted by Gasteiger charge is 2.64. The van der Waals surface area contributed by atoms with Crippen LogP contribution in [0, 0.1) is 0 Å². The van der Waals surface area contributed by atoms with Gasteiger partial charge in [-0.2, -0.15) is 13.2 Å². The molecule has 0 radical (unpaired) electrons. The van der Waals surface area contributed by atoms with Crippen LogP contribution >= 0.6 is 30.0 Å². The zero-order chi connectivity index (χ0) is 26.9. The van der Waals surface area contributed by atoms with Gasteiger partial charge in [-0.05, 0) is 70.5 Å². The van der Waals surface area contributed by atoms with Crippen LogP contribution in [0.2, 0.25) is 0 Å². The lowest BCUT2D eigenvalue weighted by Crippen LogP contribution is -2.60. The molecule has 34 heavy (non-hydrogen) atoms. The summed E-state index contributed by atoms with van der Waals surface area (Å²) in [4.78, 5) is 0. The van der Waals surface area contributed by atoms with E-state index in [1.165, 1.54) is 0 Å². The van der Waals surface area contributed by atoms with E-state index in [2.05, 4.69) is 146 Å². The SMILES string of the molecule is CN=P12N=P(N(C)C)(N(C)[N+](C)(C)P(N(C)C)(N(C)C)=N1)N(C)[N+](C)(C)P(N(C)C)(N(C)C)=N2. The van der Waals surface area contributed by atoms with Crippen molar-refractivity contribution in [3.63, 3.8) is 0 Å². The van der Waals surface area contributed by atoms with E-state index in [0.29, 0.717) is 8.73 Å². The van der Waals surface area contributed by atoms with Crippen LogP contribution in [-0.2, 0) is 0 Å². The van der Waals surface area contributed by atoms with Crippen molar-refractivity contribution in [2.75, 3.05) is 120 Å². The lowest BCUT2D eigenvalue weighted by Gasteiger charge is -2.57. The van der Waals surface area contributed by atoms with E-state index in [-0.39, 0.29) is 0 Å². The fourth-order valence-corrected chi connectivity index (χ4v) is 26.9. The minimum absolute atomic E-state index is 0.551. The molecule has 0 aromatic heterocycles. The van der Waals surface area contributed by atoms with Gasteiger partial charge in [0.2, 0.25) is 0 Å². The fourth-order valence-electron chi connectivity index (χ4n) is 5.47. The molecule has 2 aliphatic rings. The molecular weight excluding hydrogens is 510 g/mol. The summed E-state index contributed by atoms with van der Waals surface area (Å²) in [5.41, 5.74) is 0. The van der Waals surface area contributed by atoms with Gasteiger partial charge in [0.15, 0.2) is 0 Å². The Labute approximate surface area is 209 Å². The largest absolute Gasteiger partial charge is 0.313 e. The molecule has 202 valence electrons. The molecule has 2 rings (SSSR count). The van der Waals surface area contributed by atoms with E-state index in [1.807, 2.05) is 7.05 Å². The van der Waals surface area contributed by atoms with Crippen molar-refractivity contribution in [3.05, 3.63) is 0 Å². The smallest absolute Gasteiger partial charge is 0.246 e. The summed E-state index contributed by atoms with van der Waals surface area (Å²) >= 11 is 0. The summed E-state index contributed by atoms with van der Waals surface area (Å²) in [6, 6.07) is 0. The molecule has 0 fully saturated rings. The van der Waals surface area contributed by atoms with Crippen LogP contribution in [-0.4, -0.2) is 161 Å². The van der Waals surface area contributed by atoms with Crippen LogP contribution in [0.25, 0.3) is 0 Å². The van der Waals surface area contributed by atoms with Gasteiger partial charge >= 0.3 is 22.5 Å². The van der Waals surface area contributed by atoms with E-state index in [9.17, 15) is 0 Å². The third-order valence-electron chi connectivity index (χ3n) is 7.18. The second-order valence-corrected chi connectivity index (χ2v) is 24.5. The monoisotopic (exact) mass is 561 g/mol. The lowest BCUT2D eigenvalue weighted by atomic mass is 11.1. The van der Waals surface area contributed by atoms with Crippen LogP contribution in [0.1, 0.15) is 0 Å². The molecule has 0 saturated heterocycles. The predicted molar refractivity (Wildman–Crippen MR) is 151 cm³/mol. The highest BCUT2D eigenvalue weighted by Crippen LogP contribution is 2.86. The van der Waals surface area contributed by atoms with E-state index in [4.69, 9.17) is 18.3 Å². The molecule has 0 N–H and O–H groups in total. The molecule has 0 aromatic carbocycles. The average Bonchev–Trinajstić information content (AvgIpc) is 2.81. The zero-order valence-electron chi connectivity index (χ0n) is 24.6. The molecule has 2 aliphatic heterocycles. The van der Waals surface area contributed by atoms with Crippen LogP contribution < -0.4 is 0 Å². The lowest BCUT2D eigenvalue weighted by molar-refractivity contribution is -0.894. The van der Waals surface area contributed by atoms with Gasteiger partial charge in [-0.1, -0.05) is 9.56 Å². The molecular formula is C17H51N13P4+2.